The number of likely N-dealkylation sites (N-methyl/N-ethyl adjacent to an activating group) is 1. The number of nitrogens with two attached hydrogens (primary N) is 1. The van der Waals surface area contributed by atoms with Gasteiger partial charge in [-0.15, -0.1) is 11.3 Å². The molecular weight excluding hydrogens is 306 g/mol. The fraction of sp³-hybridized carbons (Fsp3) is 0.714. The smallest absolute Gasteiger partial charge is 0.244 e. The number of nitrogens with zero attached hydrogens (tertiary/aromatic N) is 2. The van der Waals surface area contributed by atoms with Crippen molar-refractivity contribution in [1.82, 2.24) is 9.21 Å². The summed E-state index contributed by atoms with van der Waals surface area (Å²) >= 11 is 1.46. The molecule has 0 aliphatic rings. The number of hydrogen-bond donors (Lipinski definition) is 1. The van der Waals surface area contributed by atoms with E-state index in [1.54, 1.807) is 10.4 Å². The average molecular weight is 334 g/mol. The largest absolute Gasteiger partial charge is 0.326 e. The maximum atomic E-state index is 12.9. The van der Waals surface area contributed by atoms with E-state index in [1.165, 1.54) is 11.3 Å². The molecule has 0 spiro atoms. The third kappa shape index (κ3) is 5.03. The van der Waals surface area contributed by atoms with Gasteiger partial charge in [-0.25, -0.2) is 8.42 Å². The summed E-state index contributed by atoms with van der Waals surface area (Å²) < 4.78 is 27.4. The van der Waals surface area contributed by atoms with Gasteiger partial charge in [-0.3, -0.25) is 0 Å². The Morgan fingerprint density at radius 2 is 1.90 bits per heavy atom. The van der Waals surface area contributed by atoms with E-state index >= 15 is 0 Å². The van der Waals surface area contributed by atoms with Crippen LogP contribution < -0.4 is 5.73 Å². The van der Waals surface area contributed by atoms with Crippen LogP contribution in [0.25, 0.3) is 0 Å². The summed E-state index contributed by atoms with van der Waals surface area (Å²) in [6, 6.07) is 1.72. The van der Waals surface area contributed by atoms with Crippen molar-refractivity contribution < 1.29 is 8.42 Å². The first-order valence-corrected chi connectivity index (χ1v) is 9.38. The summed E-state index contributed by atoms with van der Waals surface area (Å²) in [5.41, 5.74) is 5.63. The van der Waals surface area contributed by atoms with Crippen LogP contribution in [0.1, 0.15) is 23.6 Å². The van der Waals surface area contributed by atoms with E-state index in [4.69, 9.17) is 5.73 Å². The molecule has 0 aliphatic heterocycles. The normalized spacial score (nSPS) is 12.8. The van der Waals surface area contributed by atoms with Gasteiger partial charge in [0.25, 0.3) is 0 Å². The second-order valence-electron chi connectivity index (χ2n) is 5.90. The lowest BCUT2D eigenvalue weighted by Gasteiger charge is -2.25. The van der Waals surface area contributed by atoms with Gasteiger partial charge in [-0.05, 0) is 33.0 Å². The van der Waals surface area contributed by atoms with Gasteiger partial charge in [0.2, 0.25) is 10.0 Å². The minimum absolute atomic E-state index is 0.287. The Morgan fingerprint density at radius 1 is 1.29 bits per heavy atom. The second-order valence-corrected chi connectivity index (χ2v) is 9.14. The molecule has 2 N–H and O–H groups in total. The minimum atomic E-state index is -3.45. The Labute approximate surface area is 132 Å². The van der Waals surface area contributed by atoms with Crippen LogP contribution in [0, 0.1) is 12.8 Å². The van der Waals surface area contributed by atoms with Gasteiger partial charge in [-0.2, -0.15) is 4.31 Å². The quantitative estimate of drug-likeness (QED) is 0.787. The highest BCUT2D eigenvalue weighted by atomic mass is 32.2. The van der Waals surface area contributed by atoms with Gasteiger partial charge in [0, 0.05) is 35.9 Å². The van der Waals surface area contributed by atoms with Gasteiger partial charge in [0.15, 0.2) is 0 Å². The van der Waals surface area contributed by atoms with E-state index in [0.29, 0.717) is 31.1 Å². The zero-order chi connectivity index (χ0) is 16.2. The highest BCUT2D eigenvalue weighted by molar-refractivity contribution is 7.89. The number of hydrogen-bond acceptors (Lipinski definition) is 5. The van der Waals surface area contributed by atoms with Gasteiger partial charge in [0.1, 0.15) is 0 Å². The molecule has 0 amide bonds. The van der Waals surface area contributed by atoms with Crippen molar-refractivity contribution in [3.8, 4) is 0 Å². The van der Waals surface area contributed by atoms with Crippen molar-refractivity contribution in [2.45, 2.75) is 32.2 Å². The van der Waals surface area contributed by atoms with Gasteiger partial charge in [-0.1, -0.05) is 13.8 Å². The van der Waals surface area contributed by atoms with Crippen molar-refractivity contribution in [2.24, 2.45) is 11.7 Å². The Balaban J connectivity index is 3.09. The van der Waals surface area contributed by atoms with E-state index < -0.39 is 10.0 Å². The number of rotatable bonds is 8. The van der Waals surface area contributed by atoms with E-state index in [2.05, 4.69) is 0 Å². The van der Waals surface area contributed by atoms with Crippen molar-refractivity contribution >= 4 is 21.4 Å². The van der Waals surface area contributed by atoms with Crippen LogP contribution in [-0.2, 0) is 16.6 Å². The van der Waals surface area contributed by atoms with Crippen LogP contribution in [-0.4, -0.2) is 51.4 Å². The van der Waals surface area contributed by atoms with Crippen molar-refractivity contribution in [3.05, 3.63) is 15.8 Å². The van der Waals surface area contributed by atoms with Crippen molar-refractivity contribution in [2.75, 3.05) is 33.7 Å². The number of thiophene rings is 1. The molecule has 0 unspecified atom stereocenters. The molecule has 0 saturated heterocycles. The zero-order valence-electron chi connectivity index (χ0n) is 13.6. The van der Waals surface area contributed by atoms with E-state index in [9.17, 15) is 8.42 Å². The lowest BCUT2D eigenvalue weighted by Crippen LogP contribution is -2.39. The molecule has 0 radical (unpaired) electrons. The molecule has 1 aromatic heterocycles. The third-order valence-corrected chi connectivity index (χ3v) is 6.30. The zero-order valence-corrected chi connectivity index (χ0v) is 15.2. The molecule has 21 heavy (non-hydrogen) atoms. The fourth-order valence-corrected chi connectivity index (χ4v) is 5.13. The topological polar surface area (TPSA) is 66.6 Å². The highest BCUT2D eigenvalue weighted by Gasteiger charge is 2.28. The molecule has 7 heteroatoms. The highest BCUT2D eigenvalue weighted by Crippen LogP contribution is 2.28. The predicted octanol–water partition coefficient (Wildman–Crippen LogP) is 1.72. The monoisotopic (exact) mass is 333 g/mol. The average Bonchev–Trinajstić information content (AvgIpc) is 2.75. The molecule has 122 valence electrons. The van der Waals surface area contributed by atoms with Gasteiger partial charge >= 0.3 is 0 Å². The standard InChI is InChI=1S/C14H27N3O2S2/c1-11(2)10-17(7-6-16(4)5)21(18,19)14-8-13(9-15)20-12(14)3/h8,11H,6-7,9-10,15H2,1-5H3. The fourth-order valence-electron chi connectivity index (χ4n) is 2.05. The van der Waals surface area contributed by atoms with E-state index in [0.717, 1.165) is 9.75 Å². The van der Waals surface area contributed by atoms with Crippen LogP contribution in [0.3, 0.4) is 0 Å². The summed E-state index contributed by atoms with van der Waals surface area (Å²) in [4.78, 5) is 4.12. The number of aryl methyl sites for hydroxylation is 1. The lowest BCUT2D eigenvalue weighted by molar-refractivity contribution is 0.312. The molecule has 0 aliphatic carbocycles. The van der Waals surface area contributed by atoms with E-state index in [1.807, 2.05) is 39.8 Å². The first-order valence-electron chi connectivity index (χ1n) is 7.12. The molecule has 5 nitrogen and oxygen atoms in total. The molecule has 1 aromatic rings. The summed E-state index contributed by atoms with van der Waals surface area (Å²) in [7, 11) is 0.444. The first-order chi connectivity index (χ1) is 9.68. The molecule has 0 saturated carbocycles. The number of sulfonamides is 1. The molecule has 0 aromatic carbocycles. The summed E-state index contributed by atoms with van der Waals surface area (Å²) in [5, 5.41) is 0. The maximum absolute atomic E-state index is 12.9. The molecule has 1 rings (SSSR count). The second kappa shape index (κ2) is 7.69. The molecular formula is C14H27N3O2S2. The third-order valence-electron chi connectivity index (χ3n) is 3.11. The van der Waals surface area contributed by atoms with Crippen molar-refractivity contribution in [3.63, 3.8) is 0 Å². The Morgan fingerprint density at radius 3 is 2.33 bits per heavy atom. The van der Waals surface area contributed by atoms with Crippen LogP contribution in [0.4, 0.5) is 0 Å². The van der Waals surface area contributed by atoms with Gasteiger partial charge in [0.05, 0.1) is 4.90 Å². The van der Waals surface area contributed by atoms with Crippen LogP contribution in [0.15, 0.2) is 11.0 Å². The van der Waals surface area contributed by atoms with E-state index in [-0.39, 0.29) is 5.92 Å². The predicted molar refractivity (Wildman–Crippen MR) is 89.1 cm³/mol. The molecule has 0 atom stereocenters. The van der Waals surface area contributed by atoms with Crippen molar-refractivity contribution in [1.29, 1.82) is 0 Å². The Kier molecular flexibility index (Phi) is 6.80. The SMILES string of the molecule is Cc1sc(CN)cc1S(=O)(=O)N(CCN(C)C)CC(C)C. The summed E-state index contributed by atoms with van der Waals surface area (Å²) in [6.07, 6.45) is 0. The Bertz CT molecular complexity index is 551. The summed E-state index contributed by atoms with van der Waals surface area (Å²) in [6.45, 7) is 8.02. The van der Waals surface area contributed by atoms with Crippen LogP contribution >= 0.6 is 11.3 Å². The van der Waals surface area contributed by atoms with Crippen LogP contribution in [0.5, 0.6) is 0 Å². The van der Waals surface area contributed by atoms with Crippen LogP contribution in [0.2, 0.25) is 0 Å². The Hall–Kier alpha value is -0.470. The first kappa shape index (κ1) is 18.6. The molecule has 0 fully saturated rings. The summed E-state index contributed by atoms with van der Waals surface area (Å²) in [5.74, 6) is 0.287. The molecule has 0 bridgehead atoms. The maximum Gasteiger partial charge on any atom is 0.244 e. The lowest BCUT2D eigenvalue weighted by atomic mass is 10.2. The molecule has 1 heterocycles. The van der Waals surface area contributed by atoms with Gasteiger partial charge < -0.3 is 10.6 Å². The minimum Gasteiger partial charge on any atom is -0.326 e.